The molecule has 0 saturated carbocycles. The fourth-order valence-electron chi connectivity index (χ4n) is 1.36. The summed E-state index contributed by atoms with van der Waals surface area (Å²) in [7, 11) is 0. The van der Waals surface area contributed by atoms with Crippen molar-refractivity contribution in [3.05, 3.63) is 47.3 Å². The Morgan fingerprint density at radius 3 is 3.05 bits per heavy atom. The maximum absolute atomic E-state index is 12.8. The molecule has 5 nitrogen and oxygen atoms in total. The van der Waals surface area contributed by atoms with E-state index in [0.29, 0.717) is 6.54 Å². The van der Waals surface area contributed by atoms with Gasteiger partial charge in [-0.25, -0.2) is 9.37 Å². The number of carbonyl (C=O) groups is 1. The fourth-order valence-corrected chi connectivity index (χ4v) is 1.58. The molecule has 0 spiro atoms. The van der Waals surface area contributed by atoms with E-state index in [-0.39, 0.29) is 23.3 Å². The molecule has 2 N–H and O–H groups in total. The SMILES string of the molecule is O=C(COc1ccc(F)cc1Cl)NCc1cnc[nH]1. The number of aromatic amines is 1. The van der Waals surface area contributed by atoms with E-state index in [1.807, 2.05) is 0 Å². The molecule has 0 fully saturated rings. The van der Waals surface area contributed by atoms with Crippen LogP contribution in [0.4, 0.5) is 4.39 Å². The minimum absolute atomic E-state index is 0.126. The van der Waals surface area contributed by atoms with Crippen molar-refractivity contribution < 1.29 is 13.9 Å². The summed E-state index contributed by atoms with van der Waals surface area (Å²) in [6, 6.07) is 3.71. The number of carbonyl (C=O) groups excluding carboxylic acids is 1. The highest BCUT2D eigenvalue weighted by Gasteiger charge is 2.07. The van der Waals surface area contributed by atoms with Crippen molar-refractivity contribution in [3.63, 3.8) is 0 Å². The number of nitrogens with zero attached hydrogens (tertiary/aromatic N) is 1. The van der Waals surface area contributed by atoms with Crippen LogP contribution in [0.3, 0.4) is 0 Å². The highest BCUT2D eigenvalue weighted by atomic mass is 35.5. The van der Waals surface area contributed by atoms with E-state index in [0.717, 1.165) is 11.8 Å². The summed E-state index contributed by atoms with van der Waals surface area (Å²) in [5, 5.41) is 2.76. The average molecular weight is 284 g/mol. The second-order valence-corrected chi connectivity index (χ2v) is 4.12. The van der Waals surface area contributed by atoms with E-state index in [1.165, 1.54) is 18.5 Å². The topological polar surface area (TPSA) is 67.0 Å². The molecule has 19 heavy (non-hydrogen) atoms. The predicted octanol–water partition coefficient (Wildman–Crippen LogP) is 1.90. The molecule has 0 aliphatic heterocycles. The van der Waals surface area contributed by atoms with Gasteiger partial charge in [-0.3, -0.25) is 4.79 Å². The molecule has 100 valence electrons. The fraction of sp³-hybridized carbons (Fsp3) is 0.167. The van der Waals surface area contributed by atoms with Crippen LogP contribution >= 0.6 is 11.6 Å². The third-order valence-corrected chi connectivity index (χ3v) is 2.58. The zero-order chi connectivity index (χ0) is 13.7. The lowest BCUT2D eigenvalue weighted by atomic mass is 10.3. The Bertz CT molecular complexity index is 560. The summed E-state index contributed by atoms with van der Waals surface area (Å²) < 4.78 is 18.0. The summed E-state index contributed by atoms with van der Waals surface area (Å²) in [5.74, 6) is -0.504. The van der Waals surface area contributed by atoms with Gasteiger partial charge in [0, 0.05) is 6.20 Å². The lowest BCUT2D eigenvalue weighted by molar-refractivity contribution is -0.123. The lowest BCUT2D eigenvalue weighted by Crippen LogP contribution is -2.28. The van der Waals surface area contributed by atoms with Crippen LogP contribution in [0.2, 0.25) is 5.02 Å². The first-order chi connectivity index (χ1) is 9.15. The Kier molecular flexibility index (Phi) is 4.35. The summed E-state index contributed by atoms with van der Waals surface area (Å²) in [6.07, 6.45) is 3.13. The van der Waals surface area contributed by atoms with Crippen LogP contribution in [-0.4, -0.2) is 22.5 Å². The molecule has 0 bridgehead atoms. The first kappa shape index (κ1) is 13.4. The molecule has 7 heteroatoms. The molecule has 2 rings (SSSR count). The van der Waals surface area contributed by atoms with Crippen LogP contribution in [0.5, 0.6) is 5.75 Å². The van der Waals surface area contributed by atoms with Gasteiger partial charge in [-0.05, 0) is 18.2 Å². The van der Waals surface area contributed by atoms with Gasteiger partial charge < -0.3 is 15.0 Å². The monoisotopic (exact) mass is 283 g/mol. The number of imidazole rings is 1. The number of benzene rings is 1. The van der Waals surface area contributed by atoms with Gasteiger partial charge in [0.2, 0.25) is 0 Å². The Hall–Kier alpha value is -2.08. The van der Waals surface area contributed by atoms with Gasteiger partial charge in [-0.1, -0.05) is 11.6 Å². The molecular formula is C12H11ClFN3O2. The lowest BCUT2D eigenvalue weighted by Gasteiger charge is -2.08. The van der Waals surface area contributed by atoms with Crippen molar-refractivity contribution in [2.75, 3.05) is 6.61 Å². The first-order valence-electron chi connectivity index (χ1n) is 5.47. The molecule has 1 aromatic carbocycles. The van der Waals surface area contributed by atoms with Gasteiger partial charge in [-0.15, -0.1) is 0 Å². The third kappa shape index (κ3) is 3.96. The number of aromatic nitrogens is 2. The molecule has 0 aliphatic carbocycles. The Morgan fingerprint density at radius 1 is 1.53 bits per heavy atom. The zero-order valence-corrected chi connectivity index (χ0v) is 10.6. The molecule has 1 aromatic heterocycles. The summed E-state index contributed by atoms with van der Waals surface area (Å²) >= 11 is 5.76. The zero-order valence-electron chi connectivity index (χ0n) is 9.82. The van der Waals surface area contributed by atoms with Crippen LogP contribution in [0.15, 0.2) is 30.7 Å². The van der Waals surface area contributed by atoms with Gasteiger partial charge in [0.1, 0.15) is 11.6 Å². The largest absolute Gasteiger partial charge is 0.482 e. The standard InChI is InChI=1S/C12H11ClFN3O2/c13-10-3-8(14)1-2-11(10)19-6-12(18)16-5-9-4-15-7-17-9/h1-4,7H,5-6H2,(H,15,17)(H,16,18). The Morgan fingerprint density at radius 2 is 2.37 bits per heavy atom. The van der Waals surface area contributed by atoms with Crippen molar-refractivity contribution >= 4 is 17.5 Å². The van der Waals surface area contributed by atoms with Crippen molar-refractivity contribution in [1.29, 1.82) is 0 Å². The number of rotatable bonds is 5. The van der Waals surface area contributed by atoms with Crippen molar-refractivity contribution in [3.8, 4) is 5.75 Å². The molecule has 1 amide bonds. The maximum atomic E-state index is 12.8. The molecule has 0 radical (unpaired) electrons. The van der Waals surface area contributed by atoms with Gasteiger partial charge in [-0.2, -0.15) is 0 Å². The van der Waals surface area contributed by atoms with E-state index < -0.39 is 5.82 Å². The van der Waals surface area contributed by atoms with Crippen LogP contribution in [0, 0.1) is 5.82 Å². The first-order valence-corrected chi connectivity index (χ1v) is 5.85. The van der Waals surface area contributed by atoms with Crippen LogP contribution < -0.4 is 10.1 Å². The average Bonchev–Trinajstić information content (AvgIpc) is 2.88. The second kappa shape index (κ2) is 6.19. The molecule has 0 unspecified atom stereocenters. The highest BCUT2D eigenvalue weighted by molar-refractivity contribution is 6.32. The molecule has 0 aliphatic rings. The van der Waals surface area contributed by atoms with E-state index in [4.69, 9.17) is 16.3 Å². The smallest absolute Gasteiger partial charge is 0.258 e. The molecule has 1 heterocycles. The van der Waals surface area contributed by atoms with Crippen molar-refractivity contribution in [2.24, 2.45) is 0 Å². The number of hydrogen-bond donors (Lipinski definition) is 2. The third-order valence-electron chi connectivity index (χ3n) is 2.28. The van der Waals surface area contributed by atoms with Crippen LogP contribution in [-0.2, 0) is 11.3 Å². The minimum atomic E-state index is -0.457. The van der Waals surface area contributed by atoms with Gasteiger partial charge in [0.25, 0.3) is 5.91 Å². The minimum Gasteiger partial charge on any atom is -0.482 e. The van der Waals surface area contributed by atoms with Crippen molar-refractivity contribution in [1.82, 2.24) is 15.3 Å². The number of ether oxygens (including phenoxy) is 1. The second-order valence-electron chi connectivity index (χ2n) is 3.72. The summed E-state index contributed by atoms with van der Waals surface area (Å²) in [4.78, 5) is 18.2. The molecular weight excluding hydrogens is 273 g/mol. The van der Waals surface area contributed by atoms with E-state index >= 15 is 0 Å². The van der Waals surface area contributed by atoms with E-state index in [9.17, 15) is 9.18 Å². The van der Waals surface area contributed by atoms with Crippen molar-refractivity contribution in [2.45, 2.75) is 6.54 Å². The number of halogens is 2. The van der Waals surface area contributed by atoms with E-state index in [1.54, 1.807) is 6.20 Å². The maximum Gasteiger partial charge on any atom is 0.258 e. The molecule has 2 aromatic rings. The summed E-state index contributed by atoms with van der Waals surface area (Å²) in [6.45, 7) is 0.138. The Labute approximate surface area is 113 Å². The summed E-state index contributed by atoms with van der Waals surface area (Å²) in [5.41, 5.74) is 0.785. The number of H-pyrrole nitrogens is 1. The number of hydrogen-bond acceptors (Lipinski definition) is 3. The van der Waals surface area contributed by atoms with Gasteiger partial charge in [0.15, 0.2) is 6.61 Å². The van der Waals surface area contributed by atoms with Crippen LogP contribution in [0.25, 0.3) is 0 Å². The number of amides is 1. The van der Waals surface area contributed by atoms with Crippen LogP contribution in [0.1, 0.15) is 5.69 Å². The quantitative estimate of drug-likeness (QED) is 0.881. The molecule has 0 saturated heterocycles. The van der Waals surface area contributed by atoms with Gasteiger partial charge in [0.05, 0.1) is 23.6 Å². The predicted molar refractivity (Wildman–Crippen MR) is 67.3 cm³/mol. The van der Waals surface area contributed by atoms with E-state index in [2.05, 4.69) is 15.3 Å². The normalized spacial score (nSPS) is 10.2. The molecule has 0 atom stereocenters. The number of nitrogens with one attached hydrogen (secondary N) is 2. The van der Waals surface area contributed by atoms with Gasteiger partial charge >= 0.3 is 0 Å². The Balaban J connectivity index is 1.80. The highest BCUT2D eigenvalue weighted by Crippen LogP contribution is 2.24.